The van der Waals surface area contributed by atoms with Crippen LogP contribution in [0.25, 0.3) is 0 Å². The van der Waals surface area contributed by atoms with Crippen LogP contribution in [0.3, 0.4) is 0 Å². The summed E-state index contributed by atoms with van der Waals surface area (Å²) in [7, 11) is 0. The van der Waals surface area contributed by atoms with Crippen LogP contribution < -0.4 is 11.1 Å². The van der Waals surface area contributed by atoms with Crippen molar-refractivity contribution in [3.05, 3.63) is 40.9 Å². The van der Waals surface area contributed by atoms with Gasteiger partial charge in [0.2, 0.25) is 11.0 Å². The van der Waals surface area contributed by atoms with Crippen molar-refractivity contribution in [2.24, 2.45) is 0 Å². The molecule has 1 atom stereocenters. The minimum absolute atomic E-state index is 0.0916. The van der Waals surface area contributed by atoms with Crippen molar-refractivity contribution in [2.75, 3.05) is 18.9 Å². The molecule has 7 heteroatoms. The van der Waals surface area contributed by atoms with E-state index < -0.39 is 0 Å². The van der Waals surface area contributed by atoms with Gasteiger partial charge in [0.25, 0.3) is 0 Å². The van der Waals surface area contributed by atoms with E-state index in [2.05, 4.69) is 15.5 Å². The maximum absolute atomic E-state index is 12.0. The van der Waals surface area contributed by atoms with E-state index >= 15 is 0 Å². The first-order valence-electron chi connectivity index (χ1n) is 6.71. The Hall–Kier alpha value is -1.99. The first-order valence-corrected chi connectivity index (χ1v) is 7.53. The Morgan fingerprint density at radius 1 is 1.38 bits per heavy atom. The number of nitrogens with zero attached hydrogens (tertiary/aromatic N) is 2. The number of nitrogens with two attached hydrogens (primary N) is 1. The van der Waals surface area contributed by atoms with Crippen LogP contribution in [-0.2, 0) is 9.53 Å². The molecule has 2 aromatic rings. The van der Waals surface area contributed by atoms with Crippen molar-refractivity contribution in [3.63, 3.8) is 0 Å². The monoisotopic (exact) mass is 306 g/mol. The first-order chi connectivity index (χ1) is 10.2. The zero-order valence-electron chi connectivity index (χ0n) is 11.8. The number of ether oxygens (including phenoxy) is 1. The molecule has 6 nitrogen and oxygen atoms in total. The van der Waals surface area contributed by atoms with Crippen LogP contribution in [0.15, 0.2) is 30.3 Å². The van der Waals surface area contributed by atoms with Gasteiger partial charge in [-0.15, -0.1) is 10.2 Å². The molecule has 0 saturated carbocycles. The van der Waals surface area contributed by atoms with E-state index in [-0.39, 0.29) is 11.9 Å². The maximum atomic E-state index is 12.0. The zero-order chi connectivity index (χ0) is 15.1. The molecule has 2 rings (SSSR count). The Balaban J connectivity index is 2.11. The minimum atomic E-state index is -0.338. The molecular weight excluding hydrogens is 288 g/mol. The molecule has 1 aromatic carbocycles. The number of nitrogens with one attached hydrogen (secondary N) is 1. The molecule has 1 heterocycles. The third kappa shape index (κ3) is 4.51. The molecule has 0 aliphatic rings. The topological polar surface area (TPSA) is 90.1 Å². The number of carbonyl (C=O) groups excluding carboxylic acids is 1. The van der Waals surface area contributed by atoms with E-state index in [4.69, 9.17) is 10.5 Å². The molecule has 21 heavy (non-hydrogen) atoms. The second-order valence-electron chi connectivity index (χ2n) is 4.34. The molecule has 1 aromatic heterocycles. The van der Waals surface area contributed by atoms with Crippen LogP contribution in [0.1, 0.15) is 30.0 Å². The molecule has 0 fully saturated rings. The first kappa shape index (κ1) is 15.4. The normalized spacial score (nSPS) is 12.0. The number of hydrogen-bond acceptors (Lipinski definition) is 6. The second kappa shape index (κ2) is 7.70. The van der Waals surface area contributed by atoms with Crippen molar-refractivity contribution in [1.29, 1.82) is 0 Å². The summed E-state index contributed by atoms with van der Waals surface area (Å²) >= 11 is 1.27. The number of rotatable bonds is 7. The number of hydrogen-bond donors (Lipinski definition) is 2. The van der Waals surface area contributed by atoms with Gasteiger partial charge in [-0.05, 0) is 12.5 Å². The van der Waals surface area contributed by atoms with Gasteiger partial charge in [0.05, 0.1) is 6.61 Å². The molecule has 112 valence electrons. The highest BCUT2D eigenvalue weighted by molar-refractivity contribution is 7.15. The van der Waals surface area contributed by atoms with Gasteiger partial charge in [-0.25, -0.2) is 0 Å². The van der Waals surface area contributed by atoms with Crippen LogP contribution in [0, 0.1) is 0 Å². The third-order valence-electron chi connectivity index (χ3n) is 2.82. The molecule has 0 bridgehead atoms. The Bertz CT molecular complexity index is 573. The van der Waals surface area contributed by atoms with Gasteiger partial charge in [-0.2, -0.15) is 0 Å². The fraction of sp³-hybridized carbons (Fsp3) is 0.357. The predicted octanol–water partition coefficient (Wildman–Crippen LogP) is 1.75. The summed E-state index contributed by atoms with van der Waals surface area (Å²) in [6.45, 7) is 2.90. The summed E-state index contributed by atoms with van der Waals surface area (Å²) in [4.78, 5) is 12.0. The van der Waals surface area contributed by atoms with Gasteiger partial charge in [-0.3, -0.25) is 4.79 Å². The van der Waals surface area contributed by atoms with E-state index in [1.54, 1.807) is 0 Å². The summed E-state index contributed by atoms with van der Waals surface area (Å²) in [5, 5.41) is 11.9. The van der Waals surface area contributed by atoms with E-state index in [0.29, 0.717) is 29.8 Å². The van der Waals surface area contributed by atoms with Gasteiger partial charge in [0, 0.05) is 13.0 Å². The highest BCUT2D eigenvalue weighted by Gasteiger charge is 2.20. The highest BCUT2D eigenvalue weighted by atomic mass is 32.1. The Morgan fingerprint density at radius 2 is 2.14 bits per heavy atom. The van der Waals surface area contributed by atoms with Gasteiger partial charge in [-0.1, -0.05) is 41.7 Å². The van der Waals surface area contributed by atoms with Crippen LogP contribution in [0.2, 0.25) is 0 Å². The van der Waals surface area contributed by atoms with E-state index in [1.807, 2.05) is 37.3 Å². The predicted molar refractivity (Wildman–Crippen MR) is 81.9 cm³/mol. The fourth-order valence-electron chi connectivity index (χ4n) is 1.84. The fourth-order valence-corrected chi connectivity index (χ4v) is 2.53. The van der Waals surface area contributed by atoms with Crippen LogP contribution in [0.4, 0.5) is 5.13 Å². The second-order valence-corrected chi connectivity index (χ2v) is 5.38. The van der Waals surface area contributed by atoms with E-state index in [0.717, 1.165) is 5.56 Å². The van der Waals surface area contributed by atoms with E-state index in [1.165, 1.54) is 11.3 Å². The van der Waals surface area contributed by atoms with Crippen LogP contribution in [0.5, 0.6) is 0 Å². The lowest BCUT2D eigenvalue weighted by Crippen LogP contribution is -2.30. The molecule has 0 unspecified atom stereocenters. The largest absolute Gasteiger partial charge is 0.381 e. The number of anilines is 1. The standard InChI is InChI=1S/C14H18N4O2S/c1-2-20-9-8-11(19)16-12(10-6-4-3-5-7-10)13-17-18-14(15)21-13/h3-7,12H,2,8-9H2,1H3,(H2,15,18)(H,16,19)/t12-/m1/s1. The smallest absolute Gasteiger partial charge is 0.223 e. The van der Waals surface area contributed by atoms with Gasteiger partial charge in [0.1, 0.15) is 11.0 Å². The molecular formula is C14H18N4O2S. The third-order valence-corrected chi connectivity index (χ3v) is 3.64. The van der Waals surface area contributed by atoms with Crippen molar-refractivity contribution < 1.29 is 9.53 Å². The number of nitrogen functional groups attached to an aromatic ring is 1. The highest BCUT2D eigenvalue weighted by Crippen LogP contribution is 2.25. The summed E-state index contributed by atoms with van der Waals surface area (Å²) in [5.41, 5.74) is 6.58. The van der Waals surface area contributed by atoms with Crippen molar-refractivity contribution in [3.8, 4) is 0 Å². The van der Waals surface area contributed by atoms with Gasteiger partial charge >= 0.3 is 0 Å². The SMILES string of the molecule is CCOCCC(=O)N[C@H](c1ccccc1)c1nnc(N)s1. The number of aromatic nitrogens is 2. The molecule has 1 amide bonds. The van der Waals surface area contributed by atoms with Crippen LogP contribution in [-0.4, -0.2) is 29.3 Å². The molecule has 3 N–H and O–H groups in total. The number of amides is 1. The number of benzene rings is 1. The zero-order valence-corrected chi connectivity index (χ0v) is 12.6. The summed E-state index contributed by atoms with van der Waals surface area (Å²) in [6.07, 6.45) is 0.311. The summed E-state index contributed by atoms with van der Waals surface area (Å²) < 4.78 is 5.20. The van der Waals surface area contributed by atoms with Crippen LogP contribution >= 0.6 is 11.3 Å². The molecule has 0 radical (unpaired) electrons. The summed E-state index contributed by atoms with van der Waals surface area (Å²) in [5.74, 6) is -0.0916. The van der Waals surface area contributed by atoms with Crippen molar-refractivity contribution in [1.82, 2.24) is 15.5 Å². The lowest BCUT2D eigenvalue weighted by Gasteiger charge is -2.16. The minimum Gasteiger partial charge on any atom is -0.381 e. The van der Waals surface area contributed by atoms with Gasteiger partial charge in [0.15, 0.2) is 0 Å². The maximum Gasteiger partial charge on any atom is 0.223 e. The average Bonchev–Trinajstić information content (AvgIpc) is 2.92. The van der Waals surface area contributed by atoms with Crippen molar-refractivity contribution >= 4 is 22.4 Å². The Kier molecular flexibility index (Phi) is 5.65. The lowest BCUT2D eigenvalue weighted by molar-refractivity contribution is -0.122. The summed E-state index contributed by atoms with van der Waals surface area (Å²) in [6, 6.07) is 9.29. The Morgan fingerprint density at radius 3 is 2.76 bits per heavy atom. The quantitative estimate of drug-likeness (QED) is 0.761. The molecule has 0 aliphatic carbocycles. The Labute approximate surface area is 127 Å². The molecule has 0 saturated heterocycles. The van der Waals surface area contributed by atoms with Crippen molar-refractivity contribution in [2.45, 2.75) is 19.4 Å². The van der Waals surface area contributed by atoms with E-state index in [9.17, 15) is 4.79 Å². The van der Waals surface area contributed by atoms with Gasteiger partial charge < -0.3 is 15.8 Å². The molecule has 0 spiro atoms. The molecule has 0 aliphatic heterocycles. The lowest BCUT2D eigenvalue weighted by atomic mass is 10.1. The average molecular weight is 306 g/mol. The number of carbonyl (C=O) groups is 1.